The highest BCUT2D eigenvalue weighted by Gasteiger charge is 2.05. The number of fused-ring (bicyclic) bond motifs is 6. The normalized spacial score (nSPS) is 13.6. The van der Waals surface area contributed by atoms with E-state index in [0.29, 0.717) is 0 Å². The van der Waals surface area contributed by atoms with Crippen LogP contribution in [0.4, 0.5) is 0 Å². The molecule has 0 radical (unpaired) electrons. The summed E-state index contributed by atoms with van der Waals surface area (Å²) in [6, 6.07) is 17.3. The largest absolute Gasteiger partial charge is 0.387 e. The second kappa shape index (κ2) is 3.61. The van der Waals surface area contributed by atoms with Crippen LogP contribution in [0.2, 0.25) is 0 Å². The molecule has 3 aromatic rings. The summed E-state index contributed by atoms with van der Waals surface area (Å²) >= 11 is 0. The van der Waals surface area contributed by atoms with Crippen molar-refractivity contribution in [3.05, 3.63) is 59.0 Å². The van der Waals surface area contributed by atoms with Crippen LogP contribution in [0.5, 0.6) is 0 Å². The highest BCUT2D eigenvalue weighted by Crippen LogP contribution is 2.20. The molecule has 0 atom stereocenters. The quantitative estimate of drug-likeness (QED) is 0.584. The zero-order valence-electron chi connectivity index (χ0n) is 9.98. The van der Waals surface area contributed by atoms with E-state index in [-0.39, 0.29) is 0 Å². The molecule has 0 fully saturated rings. The van der Waals surface area contributed by atoms with Crippen molar-refractivity contribution in [2.75, 3.05) is 6.54 Å². The first-order chi connectivity index (χ1) is 8.95. The van der Waals surface area contributed by atoms with Gasteiger partial charge in [-0.2, -0.15) is 0 Å². The van der Waals surface area contributed by atoms with Crippen molar-refractivity contribution < 1.29 is 0 Å². The number of benzene rings is 3. The Kier molecular flexibility index (Phi) is 1.95. The molecule has 0 aliphatic carbocycles. The van der Waals surface area contributed by atoms with Crippen molar-refractivity contribution in [2.24, 2.45) is 0 Å². The van der Waals surface area contributed by atoms with Crippen LogP contribution in [0, 0.1) is 0 Å². The molecule has 18 heavy (non-hydrogen) atoms. The van der Waals surface area contributed by atoms with E-state index in [4.69, 9.17) is 0 Å². The molecule has 1 aliphatic heterocycles. The fourth-order valence-corrected chi connectivity index (χ4v) is 2.89. The molecular formula is C17H13N. The van der Waals surface area contributed by atoms with E-state index >= 15 is 0 Å². The Hall–Kier alpha value is -2.28. The lowest BCUT2D eigenvalue weighted by Gasteiger charge is -2.10. The molecule has 0 spiro atoms. The standard InChI is InChI=1S/C17H13N/c1-2-7-14-12(5-1)13-6-3-4-8-15(13)17-11-18-10-9-16(14)17/h1-9,11,18H,10H2. The minimum Gasteiger partial charge on any atom is -0.387 e. The first-order valence-corrected chi connectivity index (χ1v) is 6.28. The van der Waals surface area contributed by atoms with Gasteiger partial charge in [0.25, 0.3) is 0 Å². The molecule has 1 N–H and O–H groups in total. The first-order valence-electron chi connectivity index (χ1n) is 6.28. The maximum absolute atomic E-state index is 3.32. The highest BCUT2D eigenvalue weighted by atomic mass is 14.8. The molecule has 1 nitrogen and oxygen atoms in total. The van der Waals surface area contributed by atoms with E-state index in [1.807, 2.05) is 0 Å². The third-order valence-corrected chi connectivity index (χ3v) is 3.69. The Balaban J connectivity index is 2.46. The monoisotopic (exact) mass is 231 g/mol. The fraction of sp³-hybridized carbons (Fsp3) is 0.0588. The van der Waals surface area contributed by atoms with Gasteiger partial charge in [0.1, 0.15) is 0 Å². The lowest BCUT2D eigenvalue weighted by Crippen LogP contribution is -2.34. The summed E-state index contributed by atoms with van der Waals surface area (Å²) in [5, 5.41) is 11.4. The van der Waals surface area contributed by atoms with Gasteiger partial charge in [-0.25, -0.2) is 0 Å². The highest BCUT2D eigenvalue weighted by molar-refractivity contribution is 6.08. The van der Waals surface area contributed by atoms with Gasteiger partial charge in [0, 0.05) is 18.0 Å². The number of hydrogen-bond donors (Lipinski definition) is 1. The number of nitrogens with one attached hydrogen (secondary N) is 1. The molecular weight excluding hydrogens is 218 g/mol. The van der Waals surface area contributed by atoms with Crippen LogP contribution >= 0.6 is 0 Å². The Morgan fingerprint density at radius 3 is 1.89 bits per heavy atom. The summed E-state index contributed by atoms with van der Waals surface area (Å²) in [6.45, 7) is 0.912. The average Bonchev–Trinajstić information content (AvgIpc) is 2.48. The van der Waals surface area contributed by atoms with Crippen molar-refractivity contribution in [3.63, 3.8) is 0 Å². The van der Waals surface area contributed by atoms with Crippen molar-refractivity contribution in [1.82, 2.24) is 5.32 Å². The first kappa shape index (κ1) is 9.72. The van der Waals surface area contributed by atoms with Crippen LogP contribution in [-0.2, 0) is 0 Å². The van der Waals surface area contributed by atoms with Gasteiger partial charge < -0.3 is 5.32 Å². The van der Waals surface area contributed by atoms with Crippen molar-refractivity contribution in [3.8, 4) is 0 Å². The van der Waals surface area contributed by atoms with Gasteiger partial charge in [0.15, 0.2) is 0 Å². The molecule has 4 rings (SSSR count). The fourth-order valence-electron chi connectivity index (χ4n) is 2.89. The average molecular weight is 231 g/mol. The molecule has 1 heterocycles. The second-order valence-corrected chi connectivity index (χ2v) is 4.68. The van der Waals surface area contributed by atoms with Crippen molar-refractivity contribution in [1.29, 1.82) is 0 Å². The van der Waals surface area contributed by atoms with Crippen LogP contribution in [0.1, 0.15) is 0 Å². The molecule has 0 amide bonds. The molecule has 0 saturated heterocycles. The zero-order chi connectivity index (χ0) is 11.9. The summed E-state index contributed by atoms with van der Waals surface area (Å²) < 4.78 is 0. The van der Waals surface area contributed by atoms with E-state index in [0.717, 1.165) is 6.54 Å². The molecule has 3 aromatic carbocycles. The van der Waals surface area contributed by atoms with Crippen LogP contribution in [0.15, 0.2) is 48.5 Å². The van der Waals surface area contributed by atoms with Gasteiger partial charge in [0.05, 0.1) is 0 Å². The van der Waals surface area contributed by atoms with Crippen LogP contribution in [0.25, 0.3) is 33.8 Å². The molecule has 1 aliphatic rings. The minimum absolute atomic E-state index is 0.912. The van der Waals surface area contributed by atoms with Gasteiger partial charge in [-0.15, -0.1) is 0 Å². The van der Waals surface area contributed by atoms with Gasteiger partial charge in [0.2, 0.25) is 0 Å². The van der Waals surface area contributed by atoms with E-state index in [1.54, 1.807) is 0 Å². The Labute approximate surface area is 105 Å². The molecule has 0 aromatic heterocycles. The Morgan fingerprint density at radius 1 is 0.667 bits per heavy atom. The summed E-state index contributed by atoms with van der Waals surface area (Å²) in [5.74, 6) is 0. The third kappa shape index (κ3) is 1.22. The van der Waals surface area contributed by atoms with Gasteiger partial charge in [-0.1, -0.05) is 54.6 Å². The SMILES string of the molecule is C1=c2c(c3ccccc3c3ccccc23)=CNC1. The summed E-state index contributed by atoms with van der Waals surface area (Å²) in [5.41, 5.74) is 0. The predicted octanol–water partition coefficient (Wildman–Crippen LogP) is 2.11. The number of hydrogen-bond acceptors (Lipinski definition) is 1. The van der Waals surface area contributed by atoms with E-state index in [9.17, 15) is 0 Å². The predicted molar refractivity (Wildman–Crippen MR) is 77.6 cm³/mol. The molecule has 0 saturated carbocycles. The zero-order valence-corrected chi connectivity index (χ0v) is 9.98. The lowest BCUT2D eigenvalue weighted by atomic mass is 9.97. The number of rotatable bonds is 0. The van der Waals surface area contributed by atoms with E-state index in [1.165, 1.54) is 32.0 Å². The van der Waals surface area contributed by atoms with Gasteiger partial charge in [-0.05, 0) is 26.8 Å². The Bertz CT molecular complexity index is 800. The smallest absolute Gasteiger partial charge is 0.0334 e. The summed E-state index contributed by atoms with van der Waals surface area (Å²) in [6.07, 6.45) is 4.42. The molecule has 0 bridgehead atoms. The minimum atomic E-state index is 0.912. The van der Waals surface area contributed by atoms with Crippen LogP contribution < -0.4 is 15.8 Å². The maximum Gasteiger partial charge on any atom is 0.0334 e. The van der Waals surface area contributed by atoms with Gasteiger partial charge in [-0.3, -0.25) is 0 Å². The third-order valence-electron chi connectivity index (χ3n) is 3.69. The summed E-state index contributed by atoms with van der Waals surface area (Å²) in [4.78, 5) is 0. The molecule has 86 valence electrons. The van der Waals surface area contributed by atoms with Crippen LogP contribution in [-0.4, -0.2) is 6.54 Å². The van der Waals surface area contributed by atoms with Crippen molar-refractivity contribution >= 4 is 33.8 Å². The van der Waals surface area contributed by atoms with Crippen molar-refractivity contribution in [2.45, 2.75) is 0 Å². The van der Waals surface area contributed by atoms with Crippen LogP contribution in [0.3, 0.4) is 0 Å². The topological polar surface area (TPSA) is 12.0 Å². The second-order valence-electron chi connectivity index (χ2n) is 4.68. The molecule has 1 heteroatoms. The maximum atomic E-state index is 3.32. The van der Waals surface area contributed by atoms with E-state index < -0.39 is 0 Å². The van der Waals surface area contributed by atoms with E-state index in [2.05, 4.69) is 66.1 Å². The molecule has 0 unspecified atom stereocenters. The lowest BCUT2D eigenvalue weighted by molar-refractivity contribution is 1.06. The van der Waals surface area contributed by atoms with Gasteiger partial charge >= 0.3 is 0 Å². The Morgan fingerprint density at radius 2 is 1.22 bits per heavy atom. The summed E-state index contributed by atoms with van der Waals surface area (Å²) in [7, 11) is 0.